The molecule has 14 heavy (non-hydrogen) atoms. The number of nitrogens with two attached hydrogens (primary N) is 1. The van der Waals surface area contributed by atoms with Crippen LogP contribution in [0, 0.1) is 0 Å². The second-order valence-corrected chi connectivity index (χ2v) is 2.92. The summed E-state index contributed by atoms with van der Waals surface area (Å²) in [6.45, 7) is 1.93. The van der Waals surface area contributed by atoms with Crippen molar-refractivity contribution in [2.45, 2.75) is 13.0 Å². The Labute approximate surface area is 95.1 Å². The summed E-state index contributed by atoms with van der Waals surface area (Å²) in [4.78, 5) is 4.35. The SMILES string of the molecule is CC(N)c1cn2ccccc2n1.Cl.Cl. The van der Waals surface area contributed by atoms with E-state index in [9.17, 15) is 0 Å². The van der Waals surface area contributed by atoms with Gasteiger partial charge in [0.25, 0.3) is 0 Å². The number of fused-ring (bicyclic) bond motifs is 1. The van der Waals surface area contributed by atoms with Crippen LogP contribution in [-0.4, -0.2) is 9.38 Å². The fourth-order valence-electron chi connectivity index (χ4n) is 1.17. The first kappa shape index (κ1) is 13.2. The van der Waals surface area contributed by atoms with E-state index in [0.29, 0.717) is 0 Å². The first-order valence-electron chi connectivity index (χ1n) is 3.96. The van der Waals surface area contributed by atoms with Gasteiger partial charge in [-0.15, -0.1) is 24.8 Å². The largest absolute Gasteiger partial charge is 0.323 e. The van der Waals surface area contributed by atoms with E-state index in [2.05, 4.69) is 4.98 Å². The predicted octanol–water partition coefficient (Wildman–Crippen LogP) is 2.20. The first-order chi connectivity index (χ1) is 5.77. The van der Waals surface area contributed by atoms with Crippen LogP contribution in [0.15, 0.2) is 30.6 Å². The van der Waals surface area contributed by atoms with E-state index in [4.69, 9.17) is 5.73 Å². The summed E-state index contributed by atoms with van der Waals surface area (Å²) >= 11 is 0. The van der Waals surface area contributed by atoms with Gasteiger partial charge in [0.15, 0.2) is 0 Å². The highest BCUT2D eigenvalue weighted by Crippen LogP contribution is 2.09. The average molecular weight is 234 g/mol. The second kappa shape index (κ2) is 5.20. The molecule has 0 radical (unpaired) electrons. The van der Waals surface area contributed by atoms with Crippen molar-refractivity contribution in [1.82, 2.24) is 9.38 Å². The zero-order valence-corrected chi connectivity index (χ0v) is 9.39. The molecule has 0 aromatic carbocycles. The average Bonchev–Trinajstić information content (AvgIpc) is 2.46. The van der Waals surface area contributed by atoms with E-state index in [1.54, 1.807) is 0 Å². The third kappa shape index (κ3) is 2.38. The Morgan fingerprint density at radius 1 is 1.36 bits per heavy atom. The number of pyridine rings is 1. The van der Waals surface area contributed by atoms with Crippen molar-refractivity contribution in [3.05, 3.63) is 36.3 Å². The second-order valence-electron chi connectivity index (χ2n) is 2.92. The van der Waals surface area contributed by atoms with Gasteiger partial charge in [-0.25, -0.2) is 4.98 Å². The predicted molar refractivity (Wildman–Crippen MR) is 62.3 cm³/mol. The van der Waals surface area contributed by atoms with Gasteiger partial charge in [0.05, 0.1) is 5.69 Å². The Bertz CT molecular complexity index is 365. The molecule has 0 aliphatic rings. The molecule has 2 heterocycles. The van der Waals surface area contributed by atoms with E-state index in [1.807, 2.05) is 41.9 Å². The number of aromatic nitrogens is 2. The van der Waals surface area contributed by atoms with Gasteiger partial charge in [0, 0.05) is 18.4 Å². The Morgan fingerprint density at radius 2 is 2.07 bits per heavy atom. The van der Waals surface area contributed by atoms with Gasteiger partial charge < -0.3 is 10.1 Å². The lowest BCUT2D eigenvalue weighted by molar-refractivity contribution is 0.790. The van der Waals surface area contributed by atoms with Gasteiger partial charge in [-0.1, -0.05) is 6.07 Å². The Kier molecular flexibility index (Phi) is 4.91. The molecule has 1 unspecified atom stereocenters. The minimum Gasteiger partial charge on any atom is -0.323 e. The van der Waals surface area contributed by atoms with Crippen LogP contribution in [0.4, 0.5) is 0 Å². The maximum absolute atomic E-state index is 5.70. The Hall–Kier alpha value is -0.770. The van der Waals surface area contributed by atoms with E-state index < -0.39 is 0 Å². The van der Waals surface area contributed by atoms with Gasteiger partial charge in [-0.3, -0.25) is 0 Å². The Morgan fingerprint density at radius 3 is 2.64 bits per heavy atom. The molecule has 3 nitrogen and oxygen atoms in total. The van der Waals surface area contributed by atoms with Crippen molar-refractivity contribution in [2.75, 3.05) is 0 Å². The fraction of sp³-hybridized carbons (Fsp3) is 0.222. The molecule has 2 aromatic heterocycles. The lowest BCUT2D eigenvalue weighted by atomic mass is 10.3. The highest BCUT2D eigenvalue weighted by Gasteiger charge is 2.03. The van der Waals surface area contributed by atoms with Crippen molar-refractivity contribution >= 4 is 30.5 Å². The molecular weight excluding hydrogens is 221 g/mol. The monoisotopic (exact) mass is 233 g/mol. The molecule has 1 atom stereocenters. The standard InChI is InChI=1S/C9H11N3.2ClH/c1-7(10)8-6-12-5-3-2-4-9(12)11-8;;/h2-7H,10H2,1H3;2*1H. The molecule has 2 aromatic rings. The summed E-state index contributed by atoms with van der Waals surface area (Å²) in [5.74, 6) is 0. The lowest BCUT2D eigenvalue weighted by Crippen LogP contribution is -2.04. The number of hydrogen-bond donors (Lipinski definition) is 1. The van der Waals surface area contributed by atoms with Gasteiger partial charge in [-0.05, 0) is 19.1 Å². The molecule has 0 saturated carbocycles. The molecule has 0 spiro atoms. The summed E-state index contributed by atoms with van der Waals surface area (Å²) in [6.07, 6.45) is 3.92. The van der Waals surface area contributed by atoms with Crippen LogP contribution >= 0.6 is 24.8 Å². The van der Waals surface area contributed by atoms with E-state index in [0.717, 1.165) is 11.3 Å². The lowest BCUT2D eigenvalue weighted by Gasteiger charge is -1.95. The molecule has 0 saturated heterocycles. The number of halogens is 2. The minimum atomic E-state index is 0. The highest BCUT2D eigenvalue weighted by atomic mass is 35.5. The van der Waals surface area contributed by atoms with Crippen LogP contribution in [0.1, 0.15) is 18.7 Å². The number of rotatable bonds is 1. The summed E-state index contributed by atoms with van der Waals surface area (Å²) in [7, 11) is 0. The zero-order chi connectivity index (χ0) is 8.55. The van der Waals surface area contributed by atoms with Crippen LogP contribution in [-0.2, 0) is 0 Å². The summed E-state index contributed by atoms with van der Waals surface area (Å²) in [5, 5.41) is 0. The first-order valence-corrected chi connectivity index (χ1v) is 3.96. The van der Waals surface area contributed by atoms with E-state index in [-0.39, 0.29) is 30.9 Å². The van der Waals surface area contributed by atoms with E-state index in [1.165, 1.54) is 0 Å². The summed E-state index contributed by atoms with van der Waals surface area (Å²) in [6, 6.07) is 5.91. The molecule has 2 N–H and O–H groups in total. The van der Waals surface area contributed by atoms with Crippen molar-refractivity contribution in [1.29, 1.82) is 0 Å². The molecule has 5 heteroatoms. The highest BCUT2D eigenvalue weighted by molar-refractivity contribution is 5.85. The van der Waals surface area contributed by atoms with Crippen molar-refractivity contribution in [2.24, 2.45) is 5.73 Å². The molecule has 0 bridgehead atoms. The number of nitrogens with zero attached hydrogens (tertiary/aromatic N) is 2. The van der Waals surface area contributed by atoms with Crippen molar-refractivity contribution < 1.29 is 0 Å². The van der Waals surface area contributed by atoms with Crippen LogP contribution in [0.5, 0.6) is 0 Å². The van der Waals surface area contributed by atoms with E-state index >= 15 is 0 Å². The molecule has 0 amide bonds. The quantitative estimate of drug-likeness (QED) is 0.821. The maximum atomic E-state index is 5.70. The van der Waals surface area contributed by atoms with Crippen molar-refractivity contribution in [3.8, 4) is 0 Å². The maximum Gasteiger partial charge on any atom is 0.137 e. The molecule has 2 rings (SSSR count). The topological polar surface area (TPSA) is 43.3 Å². The molecular formula is C9H13Cl2N3. The van der Waals surface area contributed by atoms with Crippen LogP contribution in [0.2, 0.25) is 0 Å². The number of hydrogen-bond acceptors (Lipinski definition) is 2. The normalized spacial score (nSPS) is 11.6. The molecule has 0 aliphatic carbocycles. The van der Waals surface area contributed by atoms with Crippen LogP contribution in [0.3, 0.4) is 0 Å². The van der Waals surface area contributed by atoms with Gasteiger partial charge in [0.2, 0.25) is 0 Å². The minimum absolute atomic E-state index is 0. The third-order valence-electron chi connectivity index (χ3n) is 1.85. The zero-order valence-electron chi connectivity index (χ0n) is 7.75. The Balaban J connectivity index is 0.000000845. The van der Waals surface area contributed by atoms with Crippen LogP contribution < -0.4 is 5.73 Å². The summed E-state index contributed by atoms with van der Waals surface area (Å²) in [5.41, 5.74) is 7.58. The smallest absolute Gasteiger partial charge is 0.137 e. The fourth-order valence-corrected chi connectivity index (χ4v) is 1.17. The van der Waals surface area contributed by atoms with Gasteiger partial charge in [0.1, 0.15) is 5.65 Å². The van der Waals surface area contributed by atoms with Crippen molar-refractivity contribution in [3.63, 3.8) is 0 Å². The van der Waals surface area contributed by atoms with Crippen LogP contribution in [0.25, 0.3) is 5.65 Å². The summed E-state index contributed by atoms with van der Waals surface area (Å²) < 4.78 is 1.97. The number of imidazole rings is 1. The van der Waals surface area contributed by atoms with Gasteiger partial charge >= 0.3 is 0 Å². The molecule has 78 valence electrons. The molecule has 0 fully saturated rings. The third-order valence-corrected chi connectivity index (χ3v) is 1.85. The van der Waals surface area contributed by atoms with Gasteiger partial charge in [-0.2, -0.15) is 0 Å². The molecule has 0 aliphatic heterocycles.